The van der Waals surface area contributed by atoms with Gasteiger partial charge >= 0.3 is 0 Å². The van der Waals surface area contributed by atoms with E-state index in [9.17, 15) is 5.26 Å². The Labute approximate surface area is 177 Å². The zero-order valence-corrected chi connectivity index (χ0v) is 17.4. The van der Waals surface area contributed by atoms with E-state index in [-0.39, 0.29) is 0 Å². The smallest absolute Gasteiger partial charge is 0.136 e. The summed E-state index contributed by atoms with van der Waals surface area (Å²) in [7, 11) is 0. The molecule has 6 nitrogen and oxygen atoms in total. The normalized spacial score (nSPS) is 14.2. The van der Waals surface area contributed by atoms with E-state index in [1.54, 1.807) is 6.07 Å². The highest BCUT2D eigenvalue weighted by molar-refractivity contribution is 5.68. The first-order valence-electron chi connectivity index (χ1n) is 10.3. The van der Waals surface area contributed by atoms with Crippen molar-refractivity contribution >= 4 is 28.7 Å². The van der Waals surface area contributed by atoms with E-state index in [0.717, 1.165) is 30.4 Å². The van der Waals surface area contributed by atoms with Gasteiger partial charge in [-0.1, -0.05) is 19.1 Å². The molecular formula is C24H26N6. The minimum atomic E-state index is 0.575. The van der Waals surface area contributed by atoms with E-state index in [1.807, 2.05) is 31.2 Å². The van der Waals surface area contributed by atoms with Crippen LogP contribution in [0.15, 0.2) is 54.6 Å². The van der Waals surface area contributed by atoms with Crippen LogP contribution < -0.4 is 15.5 Å². The van der Waals surface area contributed by atoms with Gasteiger partial charge in [-0.2, -0.15) is 5.26 Å². The van der Waals surface area contributed by atoms with Crippen LogP contribution in [-0.4, -0.2) is 23.1 Å². The van der Waals surface area contributed by atoms with Crippen molar-refractivity contribution in [1.82, 2.24) is 9.97 Å². The van der Waals surface area contributed by atoms with Crippen molar-refractivity contribution in [2.24, 2.45) is 5.92 Å². The molecule has 1 aliphatic heterocycles. The van der Waals surface area contributed by atoms with Crippen LogP contribution in [0, 0.1) is 24.2 Å². The Morgan fingerprint density at radius 1 is 0.967 bits per heavy atom. The molecule has 30 heavy (non-hydrogen) atoms. The van der Waals surface area contributed by atoms with Gasteiger partial charge in [-0.15, -0.1) is 0 Å². The third kappa shape index (κ3) is 4.69. The maximum absolute atomic E-state index is 9.29. The highest BCUT2D eigenvalue weighted by Crippen LogP contribution is 2.26. The summed E-state index contributed by atoms with van der Waals surface area (Å²) in [6.45, 7) is 6.43. The highest BCUT2D eigenvalue weighted by atomic mass is 15.1. The molecule has 2 N–H and O–H groups in total. The Hall–Kier alpha value is -3.59. The average molecular weight is 399 g/mol. The molecule has 152 valence electrons. The first kappa shape index (κ1) is 19.7. The Balaban J connectivity index is 1.48. The van der Waals surface area contributed by atoms with Crippen molar-refractivity contribution in [3.8, 4) is 6.07 Å². The lowest BCUT2D eigenvalue weighted by atomic mass is 9.99. The first-order chi connectivity index (χ1) is 14.6. The quantitative estimate of drug-likeness (QED) is 0.601. The van der Waals surface area contributed by atoms with Crippen LogP contribution in [0.2, 0.25) is 0 Å². The lowest BCUT2D eigenvalue weighted by Crippen LogP contribution is -2.32. The number of aromatic nitrogens is 2. The van der Waals surface area contributed by atoms with Gasteiger partial charge in [0, 0.05) is 30.5 Å². The molecule has 0 aliphatic carbocycles. The van der Waals surface area contributed by atoms with Gasteiger partial charge in [0.1, 0.15) is 23.5 Å². The predicted molar refractivity (Wildman–Crippen MR) is 122 cm³/mol. The molecule has 0 radical (unpaired) electrons. The minimum Gasteiger partial charge on any atom is -0.372 e. The molecule has 6 heteroatoms. The Kier molecular flexibility index (Phi) is 5.80. The summed E-state index contributed by atoms with van der Waals surface area (Å²) in [4.78, 5) is 11.4. The summed E-state index contributed by atoms with van der Waals surface area (Å²) in [5, 5.41) is 15.9. The van der Waals surface area contributed by atoms with E-state index in [2.05, 4.69) is 62.8 Å². The Morgan fingerprint density at radius 3 is 2.33 bits per heavy atom. The van der Waals surface area contributed by atoms with Gasteiger partial charge in [0.15, 0.2) is 0 Å². The number of anilines is 5. The van der Waals surface area contributed by atoms with Crippen molar-refractivity contribution in [1.29, 1.82) is 5.26 Å². The van der Waals surface area contributed by atoms with Crippen LogP contribution >= 0.6 is 0 Å². The summed E-state index contributed by atoms with van der Waals surface area (Å²) < 4.78 is 0. The minimum absolute atomic E-state index is 0.575. The SMILES string of the molecule is Cc1nc(Nc2ccc(N3CCC(C)CC3)cc2)cc(Nc2ccccc2C#N)n1. The van der Waals surface area contributed by atoms with E-state index in [4.69, 9.17) is 0 Å². The van der Waals surface area contributed by atoms with Crippen molar-refractivity contribution in [3.05, 3.63) is 66.0 Å². The molecule has 1 aliphatic rings. The number of aryl methyl sites for hydroxylation is 1. The van der Waals surface area contributed by atoms with E-state index >= 15 is 0 Å². The number of hydrogen-bond donors (Lipinski definition) is 2. The topological polar surface area (TPSA) is 76.9 Å². The molecule has 0 atom stereocenters. The van der Waals surface area contributed by atoms with Gasteiger partial charge < -0.3 is 15.5 Å². The van der Waals surface area contributed by atoms with E-state index in [1.165, 1.54) is 18.5 Å². The zero-order chi connectivity index (χ0) is 20.9. The van der Waals surface area contributed by atoms with Crippen molar-refractivity contribution in [3.63, 3.8) is 0 Å². The molecule has 1 fully saturated rings. The monoisotopic (exact) mass is 398 g/mol. The molecule has 3 aromatic rings. The van der Waals surface area contributed by atoms with Crippen molar-refractivity contribution < 1.29 is 0 Å². The average Bonchev–Trinajstić information content (AvgIpc) is 2.75. The molecule has 0 bridgehead atoms. The lowest BCUT2D eigenvalue weighted by molar-refractivity contribution is 0.438. The van der Waals surface area contributed by atoms with Gasteiger partial charge in [-0.3, -0.25) is 0 Å². The van der Waals surface area contributed by atoms with Gasteiger partial charge in [0.05, 0.1) is 11.3 Å². The number of nitrogens with zero attached hydrogens (tertiary/aromatic N) is 4. The molecule has 0 saturated carbocycles. The maximum atomic E-state index is 9.29. The third-order valence-corrected chi connectivity index (χ3v) is 5.44. The fourth-order valence-electron chi connectivity index (χ4n) is 3.69. The predicted octanol–water partition coefficient (Wildman–Crippen LogP) is 5.38. The van der Waals surface area contributed by atoms with E-state index in [0.29, 0.717) is 23.0 Å². The number of hydrogen-bond acceptors (Lipinski definition) is 6. The van der Waals surface area contributed by atoms with Crippen LogP contribution in [-0.2, 0) is 0 Å². The number of nitriles is 1. The number of piperidine rings is 1. The fourth-order valence-corrected chi connectivity index (χ4v) is 3.69. The number of nitrogens with one attached hydrogen (secondary N) is 2. The molecule has 1 aromatic heterocycles. The second kappa shape index (κ2) is 8.83. The van der Waals surface area contributed by atoms with Gasteiger partial charge in [0.25, 0.3) is 0 Å². The molecule has 0 unspecified atom stereocenters. The highest BCUT2D eigenvalue weighted by Gasteiger charge is 2.15. The standard InChI is InChI=1S/C24H26N6/c1-17-11-13-30(14-12-17)21-9-7-20(8-10-21)28-23-15-24(27-18(2)26-23)29-22-6-4-3-5-19(22)16-25/h3-10,15,17H,11-14H2,1-2H3,(H2,26,27,28,29). The summed E-state index contributed by atoms with van der Waals surface area (Å²) in [5.41, 5.74) is 3.54. The Morgan fingerprint density at radius 2 is 1.63 bits per heavy atom. The molecule has 1 saturated heterocycles. The summed E-state index contributed by atoms with van der Waals surface area (Å²) in [5.74, 6) is 2.83. The van der Waals surface area contributed by atoms with Crippen LogP contribution in [0.25, 0.3) is 0 Å². The summed E-state index contributed by atoms with van der Waals surface area (Å²) in [6, 6.07) is 19.9. The van der Waals surface area contributed by atoms with E-state index < -0.39 is 0 Å². The van der Waals surface area contributed by atoms with Crippen LogP contribution in [0.5, 0.6) is 0 Å². The lowest BCUT2D eigenvalue weighted by Gasteiger charge is -2.32. The number of benzene rings is 2. The van der Waals surface area contributed by atoms with Crippen LogP contribution in [0.1, 0.15) is 31.2 Å². The molecular weight excluding hydrogens is 372 g/mol. The molecule has 2 aromatic carbocycles. The van der Waals surface area contributed by atoms with Gasteiger partial charge in [0.2, 0.25) is 0 Å². The molecule has 4 rings (SSSR count). The van der Waals surface area contributed by atoms with Crippen LogP contribution in [0.3, 0.4) is 0 Å². The largest absolute Gasteiger partial charge is 0.372 e. The Bertz CT molecular complexity index is 1050. The summed E-state index contributed by atoms with van der Waals surface area (Å²) >= 11 is 0. The van der Waals surface area contributed by atoms with Gasteiger partial charge in [-0.05, 0) is 62.1 Å². The van der Waals surface area contributed by atoms with Crippen molar-refractivity contribution in [2.75, 3.05) is 28.6 Å². The fraction of sp³-hybridized carbons (Fsp3) is 0.292. The zero-order valence-electron chi connectivity index (χ0n) is 17.4. The molecule has 2 heterocycles. The maximum Gasteiger partial charge on any atom is 0.136 e. The second-order valence-corrected chi connectivity index (χ2v) is 7.81. The number of para-hydroxylation sites is 1. The first-order valence-corrected chi connectivity index (χ1v) is 10.3. The molecule has 0 amide bonds. The van der Waals surface area contributed by atoms with Crippen LogP contribution in [0.4, 0.5) is 28.7 Å². The third-order valence-electron chi connectivity index (χ3n) is 5.44. The molecule has 0 spiro atoms. The van der Waals surface area contributed by atoms with Crippen molar-refractivity contribution in [2.45, 2.75) is 26.7 Å². The summed E-state index contributed by atoms with van der Waals surface area (Å²) in [6.07, 6.45) is 2.51. The number of rotatable bonds is 5. The second-order valence-electron chi connectivity index (χ2n) is 7.81. The van der Waals surface area contributed by atoms with Gasteiger partial charge in [-0.25, -0.2) is 9.97 Å².